The highest BCUT2D eigenvalue weighted by Crippen LogP contribution is 2.21. The highest BCUT2D eigenvalue weighted by atomic mass is 16.5. The Morgan fingerprint density at radius 1 is 0.941 bits per heavy atom. The summed E-state index contributed by atoms with van der Waals surface area (Å²) in [6.45, 7) is 1.43. The molecule has 1 N–H and O–H groups in total. The molecule has 7 heteroatoms. The Bertz CT molecular complexity index is 1160. The zero-order valence-electron chi connectivity index (χ0n) is 19.1. The molecule has 7 nitrogen and oxygen atoms in total. The molecular formula is C27H28N2O5. The van der Waals surface area contributed by atoms with Crippen LogP contribution in [0.15, 0.2) is 83.3 Å². The van der Waals surface area contributed by atoms with Crippen molar-refractivity contribution < 1.29 is 23.8 Å². The fourth-order valence-electron chi connectivity index (χ4n) is 3.57. The number of anilines is 1. The predicted octanol–water partition coefficient (Wildman–Crippen LogP) is 5.06. The van der Waals surface area contributed by atoms with E-state index in [1.54, 1.807) is 0 Å². The Kier molecular flexibility index (Phi) is 7.65. The van der Waals surface area contributed by atoms with Crippen molar-refractivity contribution >= 4 is 23.1 Å². The summed E-state index contributed by atoms with van der Waals surface area (Å²) in [5, 5.41) is 9.60. The van der Waals surface area contributed by atoms with Crippen LogP contribution in [0.5, 0.6) is 11.5 Å². The Morgan fingerprint density at radius 3 is 2.35 bits per heavy atom. The summed E-state index contributed by atoms with van der Waals surface area (Å²) in [5.41, 5.74) is 2.53. The van der Waals surface area contributed by atoms with Crippen molar-refractivity contribution in [2.24, 2.45) is 5.92 Å². The highest BCUT2D eigenvalue weighted by molar-refractivity contribution is 5.74. The first-order valence-electron chi connectivity index (χ1n) is 11.3. The van der Waals surface area contributed by atoms with Crippen LogP contribution in [-0.2, 0) is 11.2 Å². The van der Waals surface area contributed by atoms with Gasteiger partial charge in [0, 0.05) is 7.05 Å². The minimum Gasteiger partial charge on any atom is -0.494 e. The van der Waals surface area contributed by atoms with Crippen molar-refractivity contribution in [2.75, 3.05) is 31.7 Å². The van der Waals surface area contributed by atoms with Gasteiger partial charge < -0.3 is 23.9 Å². The van der Waals surface area contributed by atoms with Crippen LogP contribution in [0, 0.1) is 5.92 Å². The molecule has 0 spiro atoms. The van der Waals surface area contributed by atoms with E-state index in [4.69, 9.17) is 13.9 Å². The van der Waals surface area contributed by atoms with Gasteiger partial charge >= 0.3 is 5.97 Å². The number of carboxylic acids is 1. The second-order valence-corrected chi connectivity index (χ2v) is 8.07. The molecule has 4 rings (SSSR count). The van der Waals surface area contributed by atoms with Crippen molar-refractivity contribution in [1.29, 1.82) is 0 Å². The monoisotopic (exact) mass is 460 g/mol. The minimum absolute atomic E-state index is 0.357. The van der Waals surface area contributed by atoms with Crippen LogP contribution < -0.4 is 14.4 Å². The molecule has 0 aliphatic heterocycles. The molecule has 0 saturated heterocycles. The zero-order valence-corrected chi connectivity index (χ0v) is 19.1. The van der Waals surface area contributed by atoms with Crippen LogP contribution in [0.1, 0.15) is 12.0 Å². The molecule has 0 amide bonds. The molecule has 0 aliphatic carbocycles. The standard InChI is InChI=1S/C27H28N2O5/c1-29(27-28-24-9-5-6-10-25(24)34-27)16-18-33-23-13-11-20(12-14-23)19-21(26(30)31)15-17-32-22-7-3-2-4-8-22/h2-14,21H,15-19H2,1H3,(H,30,31). The number of para-hydroxylation sites is 3. The quantitative estimate of drug-likeness (QED) is 0.316. The van der Waals surface area contributed by atoms with Gasteiger partial charge in [-0.2, -0.15) is 4.98 Å². The second-order valence-electron chi connectivity index (χ2n) is 8.07. The molecule has 1 heterocycles. The fraction of sp³-hybridized carbons (Fsp3) is 0.259. The molecule has 34 heavy (non-hydrogen) atoms. The molecule has 0 aliphatic rings. The van der Waals surface area contributed by atoms with Gasteiger partial charge in [0.05, 0.1) is 19.1 Å². The molecular weight excluding hydrogens is 432 g/mol. The van der Waals surface area contributed by atoms with Crippen LogP contribution >= 0.6 is 0 Å². The number of aromatic nitrogens is 1. The van der Waals surface area contributed by atoms with Crippen LogP contribution in [0.4, 0.5) is 6.01 Å². The van der Waals surface area contributed by atoms with Gasteiger partial charge in [-0.05, 0) is 54.8 Å². The number of fused-ring (bicyclic) bond motifs is 1. The largest absolute Gasteiger partial charge is 0.494 e. The number of rotatable bonds is 12. The summed E-state index contributed by atoms with van der Waals surface area (Å²) < 4.78 is 17.3. The van der Waals surface area contributed by atoms with E-state index in [2.05, 4.69) is 4.98 Å². The van der Waals surface area contributed by atoms with Gasteiger partial charge in [-0.3, -0.25) is 4.79 Å². The van der Waals surface area contributed by atoms with E-state index in [0.29, 0.717) is 38.6 Å². The van der Waals surface area contributed by atoms with Gasteiger partial charge in [-0.1, -0.05) is 42.5 Å². The summed E-state index contributed by atoms with van der Waals surface area (Å²) in [6.07, 6.45) is 0.874. The highest BCUT2D eigenvalue weighted by Gasteiger charge is 2.18. The summed E-state index contributed by atoms with van der Waals surface area (Å²) in [6, 6.07) is 25.2. The molecule has 0 saturated carbocycles. The lowest BCUT2D eigenvalue weighted by atomic mass is 9.96. The van der Waals surface area contributed by atoms with E-state index < -0.39 is 11.9 Å². The van der Waals surface area contributed by atoms with Crippen LogP contribution in [0.2, 0.25) is 0 Å². The molecule has 1 atom stereocenters. The van der Waals surface area contributed by atoms with Crippen LogP contribution in [0.25, 0.3) is 11.1 Å². The average molecular weight is 461 g/mol. The van der Waals surface area contributed by atoms with Crippen LogP contribution in [0.3, 0.4) is 0 Å². The number of oxazole rings is 1. The van der Waals surface area contributed by atoms with Crippen molar-refractivity contribution in [3.8, 4) is 11.5 Å². The predicted molar refractivity (Wildman–Crippen MR) is 131 cm³/mol. The lowest BCUT2D eigenvalue weighted by Gasteiger charge is -2.15. The van der Waals surface area contributed by atoms with E-state index >= 15 is 0 Å². The Balaban J connectivity index is 1.23. The van der Waals surface area contributed by atoms with E-state index in [0.717, 1.165) is 28.2 Å². The average Bonchev–Trinajstić information content (AvgIpc) is 3.29. The molecule has 1 aromatic heterocycles. The maximum atomic E-state index is 11.7. The van der Waals surface area contributed by atoms with E-state index in [1.165, 1.54) is 0 Å². The van der Waals surface area contributed by atoms with E-state index in [1.807, 2.05) is 90.8 Å². The molecule has 4 aromatic rings. The van der Waals surface area contributed by atoms with Gasteiger partial charge in [0.1, 0.15) is 23.6 Å². The first-order valence-corrected chi connectivity index (χ1v) is 11.3. The Hall–Kier alpha value is -4.00. The molecule has 0 fully saturated rings. The van der Waals surface area contributed by atoms with E-state index in [-0.39, 0.29) is 0 Å². The smallest absolute Gasteiger partial charge is 0.306 e. The lowest BCUT2D eigenvalue weighted by Crippen LogP contribution is -2.24. The normalized spacial score (nSPS) is 11.8. The van der Waals surface area contributed by atoms with Gasteiger partial charge in [0.25, 0.3) is 6.01 Å². The molecule has 3 aromatic carbocycles. The number of carbonyl (C=O) groups is 1. The number of aliphatic carboxylic acids is 1. The number of ether oxygens (including phenoxy) is 2. The van der Waals surface area contributed by atoms with Gasteiger partial charge in [-0.25, -0.2) is 0 Å². The minimum atomic E-state index is -0.820. The number of hydrogen-bond acceptors (Lipinski definition) is 6. The summed E-state index contributed by atoms with van der Waals surface area (Å²) in [7, 11) is 1.91. The number of hydrogen-bond donors (Lipinski definition) is 1. The summed E-state index contributed by atoms with van der Waals surface area (Å²) in [5.74, 6) is 0.142. The van der Waals surface area contributed by atoms with Crippen molar-refractivity contribution in [3.63, 3.8) is 0 Å². The summed E-state index contributed by atoms with van der Waals surface area (Å²) in [4.78, 5) is 18.1. The van der Waals surface area contributed by atoms with Crippen LogP contribution in [-0.4, -0.2) is 42.9 Å². The number of nitrogens with zero attached hydrogens (tertiary/aromatic N) is 2. The topological polar surface area (TPSA) is 85.0 Å². The Labute approximate surface area is 198 Å². The first-order chi connectivity index (χ1) is 16.6. The first kappa shape index (κ1) is 23.2. The third kappa shape index (κ3) is 6.28. The lowest BCUT2D eigenvalue weighted by molar-refractivity contribution is -0.142. The van der Waals surface area contributed by atoms with Gasteiger partial charge in [-0.15, -0.1) is 0 Å². The Morgan fingerprint density at radius 2 is 1.62 bits per heavy atom. The second kappa shape index (κ2) is 11.2. The molecule has 0 bridgehead atoms. The third-order valence-corrected chi connectivity index (χ3v) is 5.54. The number of likely N-dealkylation sites (N-methyl/N-ethyl adjacent to an activating group) is 1. The van der Waals surface area contributed by atoms with Gasteiger partial charge in [0.15, 0.2) is 5.58 Å². The maximum absolute atomic E-state index is 11.7. The number of carboxylic acid groups (broad SMARTS) is 1. The zero-order chi connectivity index (χ0) is 23.8. The van der Waals surface area contributed by atoms with Crippen molar-refractivity contribution in [1.82, 2.24) is 4.98 Å². The molecule has 1 unspecified atom stereocenters. The van der Waals surface area contributed by atoms with Gasteiger partial charge in [0.2, 0.25) is 0 Å². The fourth-order valence-corrected chi connectivity index (χ4v) is 3.57. The maximum Gasteiger partial charge on any atom is 0.306 e. The summed E-state index contributed by atoms with van der Waals surface area (Å²) >= 11 is 0. The van der Waals surface area contributed by atoms with Crippen molar-refractivity contribution in [2.45, 2.75) is 12.8 Å². The van der Waals surface area contributed by atoms with E-state index in [9.17, 15) is 9.90 Å². The molecule has 176 valence electrons. The number of benzene rings is 3. The molecule has 0 radical (unpaired) electrons. The third-order valence-electron chi connectivity index (χ3n) is 5.54. The SMILES string of the molecule is CN(CCOc1ccc(CC(CCOc2ccccc2)C(=O)O)cc1)c1nc2ccccc2o1. The van der Waals surface area contributed by atoms with Crippen molar-refractivity contribution in [3.05, 3.63) is 84.4 Å².